The first-order valence-electron chi connectivity index (χ1n) is 5.16. The molecule has 0 aromatic heterocycles. The third-order valence-corrected chi connectivity index (χ3v) is 2.49. The summed E-state index contributed by atoms with van der Waals surface area (Å²) >= 11 is 0. The third-order valence-electron chi connectivity index (χ3n) is 2.49. The summed E-state index contributed by atoms with van der Waals surface area (Å²) in [6.45, 7) is 7.58. The summed E-state index contributed by atoms with van der Waals surface area (Å²) in [5.41, 5.74) is 8.77. The normalized spacial score (nSPS) is 12.5. The second-order valence-corrected chi connectivity index (χ2v) is 4.11. The van der Waals surface area contributed by atoms with E-state index in [1.807, 2.05) is 13.0 Å². The molecule has 0 aliphatic carbocycles. The second kappa shape index (κ2) is 5.08. The van der Waals surface area contributed by atoms with Crippen LogP contribution in [0.4, 0.5) is 4.39 Å². The summed E-state index contributed by atoms with van der Waals surface area (Å²) < 4.78 is 13.0. The predicted octanol–water partition coefficient (Wildman–Crippen LogP) is 3.49. The van der Waals surface area contributed by atoms with E-state index in [0.29, 0.717) is 5.56 Å². The van der Waals surface area contributed by atoms with Crippen LogP contribution in [-0.2, 0) is 0 Å². The van der Waals surface area contributed by atoms with Crippen LogP contribution in [0.5, 0.6) is 0 Å². The molecule has 1 aromatic carbocycles. The topological polar surface area (TPSA) is 26.0 Å². The van der Waals surface area contributed by atoms with Crippen molar-refractivity contribution in [3.63, 3.8) is 0 Å². The van der Waals surface area contributed by atoms with Crippen molar-refractivity contribution < 1.29 is 4.39 Å². The highest BCUT2D eigenvalue weighted by Crippen LogP contribution is 2.20. The first-order chi connectivity index (χ1) is 7.00. The number of hydrogen-bond acceptors (Lipinski definition) is 1. The summed E-state index contributed by atoms with van der Waals surface area (Å²) in [4.78, 5) is 0. The van der Waals surface area contributed by atoms with Crippen molar-refractivity contribution >= 4 is 0 Å². The van der Waals surface area contributed by atoms with Gasteiger partial charge in [-0.3, -0.25) is 0 Å². The summed E-state index contributed by atoms with van der Waals surface area (Å²) in [6, 6.07) is 5.02. The Kier molecular flexibility index (Phi) is 4.04. The smallest absolute Gasteiger partial charge is 0.126 e. The van der Waals surface area contributed by atoms with E-state index in [1.54, 1.807) is 13.0 Å². The fraction of sp³-hybridized carbons (Fsp3) is 0.385. The van der Waals surface area contributed by atoms with E-state index in [4.69, 9.17) is 5.73 Å². The molecule has 1 nitrogen and oxygen atoms in total. The monoisotopic (exact) mass is 207 g/mol. The molecule has 0 heterocycles. The molecule has 0 amide bonds. The molecule has 15 heavy (non-hydrogen) atoms. The Labute approximate surface area is 90.8 Å². The third kappa shape index (κ3) is 3.48. The largest absolute Gasteiger partial charge is 0.324 e. The Morgan fingerprint density at radius 1 is 1.53 bits per heavy atom. The first kappa shape index (κ1) is 11.9. The van der Waals surface area contributed by atoms with E-state index in [2.05, 4.69) is 6.58 Å². The van der Waals surface area contributed by atoms with Gasteiger partial charge in [0.1, 0.15) is 5.82 Å². The number of allylic oxidation sites excluding steroid dienone is 1. The molecule has 0 aliphatic rings. The number of aryl methyl sites for hydroxylation is 1. The van der Waals surface area contributed by atoms with Gasteiger partial charge in [0, 0.05) is 6.04 Å². The molecule has 2 N–H and O–H groups in total. The van der Waals surface area contributed by atoms with Gasteiger partial charge in [-0.15, -0.1) is 6.58 Å². The first-order valence-corrected chi connectivity index (χ1v) is 5.16. The van der Waals surface area contributed by atoms with Crippen molar-refractivity contribution in [3.8, 4) is 0 Å². The molecular formula is C13H18FN. The fourth-order valence-electron chi connectivity index (χ4n) is 1.47. The average molecular weight is 207 g/mol. The summed E-state index contributed by atoms with van der Waals surface area (Å²) in [5.74, 6) is -0.175. The van der Waals surface area contributed by atoms with Gasteiger partial charge in [0.15, 0.2) is 0 Å². The molecule has 0 saturated heterocycles. The Bertz CT molecular complexity index is 358. The van der Waals surface area contributed by atoms with Crippen LogP contribution in [0.2, 0.25) is 0 Å². The molecule has 0 fully saturated rings. The molecule has 1 atom stereocenters. The van der Waals surface area contributed by atoms with Crippen LogP contribution < -0.4 is 5.73 Å². The second-order valence-electron chi connectivity index (χ2n) is 4.11. The fourth-order valence-corrected chi connectivity index (χ4v) is 1.47. The zero-order valence-electron chi connectivity index (χ0n) is 9.39. The zero-order chi connectivity index (χ0) is 11.4. The van der Waals surface area contributed by atoms with Crippen molar-refractivity contribution in [2.24, 2.45) is 5.73 Å². The lowest BCUT2D eigenvalue weighted by atomic mass is 9.99. The average Bonchev–Trinajstić information content (AvgIpc) is 2.18. The molecule has 1 unspecified atom stereocenters. The van der Waals surface area contributed by atoms with Gasteiger partial charge in [-0.25, -0.2) is 4.39 Å². The lowest BCUT2D eigenvalue weighted by Crippen LogP contribution is -2.10. The van der Waals surface area contributed by atoms with E-state index in [-0.39, 0.29) is 11.9 Å². The highest BCUT2D eigenvalue weighted by atomic mass is 19.1. The molecule has 1 rings (SSSR count). The van der Waals surface area contributed by atoms with Gasteiger partial charge in [0.25, 0.3) is 0 Å². The van der Waals surface area contributed by atoms with Crippen LogP contribution in [0.15, 0.2) is 30.4 Å². The molecule has 0 aliphatic heterocycles. The van der Waals surface area contributed by atoms with Crippen LogP contribution in [0.3, 0.4) is 0 Å². The Balaban J connectivity index is 2.69. The van der Waals surface area contributed by atoms with E-state index in [1.165, 1.54) is 6.07 Å². The van der Waals surface area contributed by atoms with Crippen LogP contribution in [0.25, 0.3) is 0 Å². The van der Waals surface area contributed by atoms with E-state index in [9.17, 15) is 4.39 Å². The van der Waals surface area contributed by atoms with Crippen LogP contribution >= 0.6 is 0 Å². The molecule has 82 valence electrons. The maximum Gasteiger partial charge on any atom is 0.126 e. The highest BCUT2D eigenvalue weighted by molar-refractivity contribution is 5.26. The highest BCUT2D eigenvalue weighted by Gasteiger charge is 2.07. The molecule has 0 spiro atoms. The van der Waals surface area contributed by atoms with Crippen molar-refractivity contribution in [1.82, 2.24) is 0 Å². The van der Waals surface area contributed by atoms with Gasteiger partial charge in [0.2, 0.25) is 0 Å². The molecule has 1 aromatic rings. The standard InChI is InChI=1S/C13H18FN/c1-9(2)4-7-13(15)11-5-6-12(14)10(3)8-11/h5-6,8,13H,1,4,7,15H2,2-3H3. The SMILES string of the molecule is C=C(C)CCC(N)c1ccc(F)c(C)c1. The number of hydrogen-bond donors (Lipinski definition) is 1. The molecule has 0 bridgehead atoms. The van der Waals surface area contributed by atoms with E-state index in [0.717, 1.165) is 24.0 Å². The number of benzene rings is 1. The van der Waals surface area contributed by atoms with Gasteiger partial charge >= 0.3 is 0 Å². The number of halogens is 1. The van der Waals surface area contributed by atoms with Crippen LogP contribution in [-0.4, -0.2) is 0 Å². The van der Waals surface area contributed by atoms with E-state index < -0.39 is 0 Å². The van der Waals surface area contributed by atoms with Crippen molar-refractivity contribution in [2.45, 2.75) is 32.7 Å². The van der Waals surface area contributed by atoms with Crippen LogP contribution in [0, 0.1) is 12.7 Å². The Morgan fingerprint density at radius 3 is 2.73 bits per heavy atom. The number of nitrogens with two attached hydrogens (primary N) is 1. The minimum Gasteiger partial charge on any atom is -0.324 e. The molecular weight excluding hydrogens is 189 g/mol. The van der Waals surface area contributed by atoms with Crippen molar-refractivity contribution in [1.29, 1.82) is 0 Å². The lowest BCUT2D eigenvalue weighted by molar-refractivity contribution is 0.610. The van der Waals surface area contributed by atoms with Gasteiger partial charge in [-0.1, -0.05) is 17.7 Å². The van der Waals surface area contributed by atoms with Crippen LogP contribution in [0.1, 0.15) is 36.9 Å². The summed E-state index contributed by atoms with van der Waals surface area (Å²) in [7, 11) is 0. The summed E-state index contributed by atoms with van der Waals surface area (Å²) in [5, 5.41) is 0. The predicted molar refractivity (Wildman–Crippen MR) is 62.1 cm³/mol. The molecule has 0 radical (unpaired) electrons. The molecule has 0 saturated carbocycles. The minimum atomic E-state index is -0.175. The molecule has 2 heteroatoms. The van der Waals surface area contributed by atoms with Gasteiger partial charge in [-0.2, -0.15) is 0 Å². The van der Waals surface area contributed by atoms with Gasteiger partial charge in [-0.05, 0) is 43.9 Å². The maximum atomic E-state index is 13.0. The minimum absolute atomic E-state index is 0.0269. The summed E-state index contributed by atoms with van der Waals surface area (Å²) in [6.07, 6.45) is 1.78. The Hall–Kier alpha value is -1.15. The zero-order valence-corrected chi connectivity index (χ0v) is 9.39. The maximum absolute atomic E-state index is 13.0. The quantitative estimate of drug-likeness (QED) is 0.751. The van der Waals surface area contributed by atoms with Crippen molar-refractivity contribution in [3.05, 3.63) is 47.3 Å². The number of rotatable bonds is 4. The van der Waals surface area contributed by atoms with Crippen molar-refractivity contribution in [2.75, 3.05) is 0 Å². The van der Waals surface area contributed by atoms with E-state index >= 15 is 0 Å². The van der Waals surface area contributed by atoms with Gasteiger partial charge in [0.05, 0.1) is 0 Å². The Morgan fingerprint density at radius 2 is 2.20 bits per heavy atom. The van der Waals surface area contributed by atoms with Gasteiger partial charge < -0.3 is 5.73 Å². The lowest BCUT2D eigenvalue weighted by Gasteiger charge is -2.12.